The number of ether oxygens (including phenoxy) is 1. The standard InChI is InChI=1S/C14H20F3NO2/c1-3-7-18(10-14(15,16)17)9-13(19)11-5-4-6-12(8-11)20-2/h4-6,8,13,19H,3,7,9-10H2,1-2H3. The number of methoxy groups -OCH3 is 1. The topological polar surface area (TPSA) is 32.7 Å². The van der Waals surface area contributed by atoms with Crippen molar-refractivity contribution >= 4 is 0 Å². The van der Waals surface area contributed by atoms with E-state index in [0.29, 0.717) is 24.3 Å². The van der Waals surface area contributed by atoms with Crippen LogP contribution in [0.1, 0.15) is 25.0 Å². The molecule has 0 aliphatic carbocycles. The fourth-order valence-electron chi connectivity index (χ4n) is 2.00. The number of aliphatic hydroxyl groups excluding tert-OH is 1. The van der Waals surface area contributed by atoms with E-state index in [1.54, 1.807) is 31.2 Å². The summed E-state index contributed by atoms with van der Waals surface area (Å²) in [7, 11) is 1.50. The van der Waals surface area contributed by atoms with Crippen molar-refractivity contribution in [1.29, 1.82) is 0 Å². The zero-order valence-electron chi connectivity index (χ0n) is 11.7. The molecule has 0 aliphatic rings. The molecule has 0 aromatic heterocycles. The van der Waals surface area contributed by atoms with Crippen molar-refractivity contribution in [3.05, 3.63) is 29.8 Å². The summed E-state index contributed by atoms with van der Waals surface area (Å²) < 4.78 is 42.4. The number of rotatable bonds is 7. The van der Waals surface area contributed by atoms with E-state index < -0.39 is 18.8 Å². The van der Waals surface area contributed by atoms with Crippen LogP contribution in [0.4, 0.5) is 13.2 Å². The van der Waals surface area contributed by atoms with Crippen LogP contribution < -0.4 is 4.74 Å². The minimum atomic E-state index is -4.26. The van der Waals surface area contributed by atoms with Crippen LogP contribution in [0.15, 0.2) is 24.3 Å². The SMILES string of the molecule is CCCN(CC(O)c1cccc(OC)c1)CC(F)(F)F. The zero-order valence-corrected chi connectivity index (χ0v) is 11.7. The largest absolute Gasteiger partial charge is 0.497 e. The number of hydrogen-bond acceptors (Lipinski definition) is 3. The lowest BCUT2D eigenvalue weighted by Gasteiger charge is -2.25. The maximum absolute atomic E-state index is 12.5. The predicted molar refractivity (Wildman–Crippen MR) is 70.7 cm³/mol. The summed E-state index contributed by atoms with van der Waals surface area (Å²) in [6.07, 6.45) is -4.64. The average Bonchev–Trinajstić information content (AvgIpc) is 2.37. The van der Waals surface area contributed by atoms with Gasteiger partial charge in [0.1, 0.15) is 5.75 Å². The fraction of sp³-hybridized carbons (Fsp3) is 0.571. The minimum Gasteiger partial charge on any atom is -0.497 e. The molecule has 0 radical (unpaired) electrons. The molecule has 0 spiro atoms. The van der Waals surface area contributed by atoms with Crippen LogP contribution in [0.25, 0.3) is 0 Å². The highest BCUT2D eigenvalue weighted by atomic mass is 19.4. The van der Waals surface area contributed by atoms with Gasteiger partial charge in [0.25, 0.3) is 0 Å². The summed E-state index contributed by atoms with van der Waals surface area (Å²) in [6.45, 7) is 1.03. The molecule has 20 heavy (non-hydrogen) atoms. The Morgan fingerprint density at radius 1 is 1.35 bits per heavy atom. The monoisotopic (exact) mass is 291 g/mol. The van der Waals surface area contributed by atoms with Gasteiger partial charge in [0.15, 0.2) is 0 Å². The summed E-state index contributed by atoms with van der Waals surface area (Å²) in [5, 5.41) is 10.1. The number of nitrogens with zero attached hydrogens (tertiary/aromatic N) is 1. The Labute approximate surface area is 117 Å². The molecule has 1 atom stereocenters. The van der Waals surface area contributed by atoms with Gasteiger partial charge >= 0.3 is 6.18 Å². The molecule has 0 saturated carbocycles. The van der Waals surface area contributed by atoms with Gasteiger partial charge in [-0.05, 0) is 30.7 Å². The Bertz CT molecular complexity index is 410. The second-order valence-electron chi connectivity index (χ2n) is 4.64. The van der Waals surface area contributed by atoms with Gasteiger partial charge in [-0.1, -0.05) is 19.1 Å². The maximum atomic E-state index is 12.5. The van der Waals surface area contributed by atoms with Gasteiger partial charge in [-0.2, -0.15) is 13.2 Å². The minimum absolute atomic E-state index is 0.0550. The Morgan fingerprint density at radius 2 is 2.05 bits per heavy atom. The van der Waals surface area contributed by atoms with E-state index in [-0.39, 0.29) is 6.54 Å². The third-order valence-electron chi connectivity index (χ3n) is 2.85. The van der Waals surface area contributed by atoms with Gasteiger partial charge in [-0.25, -0.2) is 0 Å². The smallest absolute Gasteiger partial charge is 0.401 e. The third-order valence-corrected chi connectivity index (χ3v) is 2.85. The van der Waals surface area contributed by atoms with Gasteiger partial charge in [-0.15, -0.1) is 0 Å². The number of aliphatic hydroxyl groups is 1. The van der Waals surface area contributed by atoms with E-state index in [0.717, 1.165) is 0 Å². The van der Waals surface area contributed by atoms with Crippen molar-refractivity contribution in [2.24, 2.45) is 0 Å². The first-order valence-corrected chi connectivity index (χ1v) is 6.47. The van der Waals surface area contributed by atoms with Gasteiger partial charge in [0.05, 0.1) is 19.8 Å². The fourth-order valence-corrected chi connectivity index (χ4v) is 2.00. The van der Waals surface area contributed by atoms with Gasteiger partial charge in [0.2, 0.25) is 0 Å². The third kappa shape index (κ3) is 5.79. The van der Waals surface area contributed by atoms with Gasteiger partial charge < -0.3 is 9.84 Å². The van der Waals surface area contributed by atoms with Crippen LogP contribution in [0.5, 0.6) is 5.75 Å². The molecule has 0 saturated heterocycles. The molecule has 0 heterocycles. The summed E-state index contributed by atoms with van der Waals surface area (Å²) in [4.78, 5) is 1.21. The average molecular weight is 291 g/mol. The van der Waals surface area contributed by atoms with Crippen LogP contribution in [-0.4, -0.2) is 42.9 Å². The Kier molecular flexibility index (Phi) is 6.29. The Morgan fingerprint density at radius 3 is 2.60 bits per heavy atom. The molecule has 3 nitrogen and oxygen atoms in total. The molecular weight excluding hydrogens is 271 g/mol. The lowest BCUT2D eigenvalue weighted by Crippen LogP contribution is -2.37. The van der Waals surface area contributed by atoms with E-state index in [9.17, 15) is 18.3 Å². The van der Waals surface area contributed by atoms with Gasteiger partial charge in [-0.3, -0.25) is 4.90 Å². The van der Waals surface area contributed by atoms with E-state index >= 15 is 0 Å². The number of halogens is 3. The number of alkyl halides is 3. The highest BCUT2D eigenvalue weighted by molar-refractivity contribution is 5.29. The van der Waals surface area contributed by atoms with Gasteiger partial charge in [0, 0.05) is 6.54 Å². The van der Waals surface area contributed by atoms with Crippen LogP contribution in [0, 0.1) is 0 Å². The van der Waals surface area contributed by atoms with Crippen LogP contribution in [-0.2, 0) is 0 Å². The van der Waals surface area contributed by atoms with E-state index in [2.05, 4.69) is 0 Å². The summed E-state index contributed by atoms with van der Waals surface area (Å²) in [5.41, 5.74) is 0.549. The highest BCUT2D eigenvalue weighted by Gasteiger charge is 2.31. The molecule has 1 N–H and O–H groups in total. The van der Waals surface area contributed by atoms with E-state index in [1.807, 2.05) is 0 Å². The van der Waals surface area contributed by atoms with Crippen LogP contribution >= 0.6 is 0 Å². The van der Waals surface area contributed by atoms with Crippen molar-refractivity contribution in [2.75, 3.05) is 26.7 Å². The molecule has 0 amide bonds. The number of hydrogen-bond donors (Lipinski definition) is 1. The second kappa shape index (κ2) is 7.50. The molecule has 1 unspecified atom stereocenters. The molecule has 1 aromatic rings. The first-order valence-electron chi connectivity index (χ1n) is 6.47. The summed E-state index contributed by atoms with van der Waals surface area (Å²) >= 11 is 0. The molecule has 6 heteroatoms. The van der Waals surface area contributed by atoms with Crippen LogP contribution in [0.3, 0.4) is 0 Å². The molecule has 1 aromatic carbocycles. The van der Waals surface area contributed by atoms with Crippen molar-refractivity contribution in [3.8, 4) is 5.75 Å². The highest BCUT2D eigenvalue weighted by Crippen LogP contribution is 2.22. The second-order valence-corrected chi connectivity index (χ2v) is 4.64. The summed E-state index contributed by atoms with van der Waals surface area (Å²) in [5.74, 6) is 0.569. The predicted octanol–water partition coefficient (Wildman–Crippen LogP) is 3.00. The van der Waals surface area contributed by atoms with Crippen LogP contribution in [0.2, 0.25) is 0 Å². The quantitative estimate of drug-likeness (QED) is 0.838. The molecular formula is C14H20F3NO2. The van der Waals surface area contributed by atoms with Crippen molar-refractivity contribution in [2.45, 2.75) is 25.6 Å². The van der Waals surface area contributed by atoms with Crippen molar-refractivity contribution in [1.82, 2.24) is 4.90 Å². The first kappa shape index (κ1) is 16.8. The van der Waals surface area contributed by atoms with E-state index in [1.165, 1.54) is 12.0 Å². The lowest BCUT2D eigenvalue weighted by molar-refractivity contribution is -0.148. The van der Waals surface area contributed by atoms with Crippen molar-refractivity contribution < 1.29 is 23.0 Å². The Balaban J connectivity index is 2.71. The maximum Gasteiger partial charge on any atom is 0.401 e. The first-order chi connectivity index (χ1) is 9.35. The Hall–Kier alpha value is -1.27. The normalized spacial score (nSPS) is 13.6. The van der Waals surface area contributed by atoms with Crippen molar-refractivity contribution in [3.63, 3.8) is 0 Å². The lowest BCUT2D eigenvalue weighted by atomic mass is 10.1. The molecule has 0 fully saturated rings. The molecule has 0 aliphatic heterocycles. The molecule has 1 rings (SSSR count). The molecule has 0 bridgehead atoms. The van der Waals surface area contributed by atoms with E-state index in [4.69, 9.17) is 4.74 Å². The summed E-state index contributed by atoms with van der Waals surface area (Å²) in [6, 6.07) is 6.72. The molecule has 114 valence electrons. The zero-order chi connectivity index (χ0) is 15.2. The number of benzene rings is 1.